The fraction of sp³-hybridized carbons (Fsp3) is 0.308. The number of ether oxygens (including phenoxy) is 1. The summed E-state index contributed by atoms with van der Waals surface area (Å²) in [5.41, 5.74) is 6.96. The van der Waals surface area contributed by atoms with Gasteiger partial charge in [-0.25, -0.2) is 13.1 Å². The molecule has 2 aromatic rings. The van der Waals surface area contributed by atoms with Gasteiger partial charge in [-0.05, 0) is 24.1 Å². The molecular formula is C13H18N4O3S. The first-order valence-corrected chi connectivity index (χ1v) is 7.90. The molecule has 0 fully saturated rings. The number of nitrogens with one attached hydrogen (secondary N) is 2. The van der Waals surface area contributed by atoms with Crippen molar-refractivity contribution in [3.8, 4) is 5.75 Å². The third-order valence-electron chi connectivity index (χ3n) is 3.03. The maximum absolute atomic E-state index is 12.1. The van der Waals surface area contributed by atoms with Gasteiger partial charge in [0.05, 0.1) is 13.3 Å². The van der Waals surface area contributed by atoms with E-state index in [1.807, 2.05) is 24.3 Å². The number of aromatic amines is 1. The first-order chi connectivity index (χ1) is 10.1. The Morgan fingerprint density at radius 1 is 1.33 bits per heavy atom. The molecule has 7 nitrogen and oxygen atoms in total. The van der Waals surface area contributed by atoms with E-state index in [4.69, 9.17) is 10.5 Å². The number of benzene rings is 1. The highest BCUT2D eigenvalue weighted by Gasteiger charge is 2.19. The predicted octanol–water partition coefficient (Wildman–Crippen LogP) is 0.398. The smallest absolute Gasteiger partial charge is 0.257 e. The minimum absolute atomic E-state index is 0.0275. The van der Waals surface area contributed by atoms with E-state index >= 15 is 0 Å². The molecule has 0 saturated carbocycles. The van der Waals surface area contributed by atoms with Crippen LogP contribution in [0.1, 0.15) is 11.1 Å². The lowest BCUT2D eigenvalue weighted by atomic mass is 10.1. The molecule has 0 aliphatic carbocycles. The topological polar surface area (TPSA) is 110 Å². The molecule has 1 heterocycles. The van der Waals surface area contributed by atoms with Crippen LogP contribution in [0, 0.1) is 0 Å². The Morgan fingerprint density at radius 2 is 2.05 bits per heavy atom. The van der Waals surface area contributed by atoms with E-state index in [0.29, 0.717) is 12.0 Å². The molecule has 0 saturated heterocycles. The molecule has 8 heteroatoms. The molecule has 114 valence electrons. The van der Waals surface area contributed by atoms with E-state index in [1.165, 1.54) is 6.20 Å². The van der Waals surface area contributed by atoms with Gasteiger partial charge in [0.25, 0.3) is 10.0 Å². The lowest BCUT2D eigenvalue weighted by molar-refractivity contribution is 0.414. The Bertz CT molecular complexity index is 680. The average Bonchev–Trinajstić information content (AvgIpc) is 2.97. The number of H-pyrrole nitrogens is 1. The normalized spacial score (nSPS) is 11.5. The standard InChI is InChI=1S/C13H18N4O3S/c1-20-12-4-2-10(3-5-12)6-7-16-21(18,19)13-11(8-14)9-15-17-13/h2-5,9,16H,6-8,14H2,1H3,(H,15,17). The van der Waals surface area contributed by atoms with Crippen LogP contribution in [0.25, 0.3) is 0 Å². The number of aromatic nitrogens is 2. The van der Waals surface area contributed by atoms with Gasteiger partial charge in [-0.3, -0.25) is 5.10 Å². The van der Waals surface area contributed by atoms with Crippen molar-refractivity contribution in [1.82, 2.24) is 14.9 Å². The highest BCUT2D eigenvalue weighted by Crippen LogP contribution is 2.13. The van der Waals surface area contributed by atoms with Gasteiger partial charge in [-0.2, -0.15) is 5.10 Å². The van der Waals surface area contributed by atoms with Crippen LogP contribution in [0.2, 0.25) is 0 Å². The molecule has 1 aromatic heterocycles. The zero-order chi connectivity index (χ0) is 15.3. The van der Waals surface area contributed by atoms with Crippen LogP contribution in [0.4, 0.5) is 0 Å². The van der Waals surface area contributed by atoms with Crippen molar-refractivity contribution >= 4 is 10.0 Å². The number of sulfonamides is 1. The fourth-order valence-electron chi connectivity index (χ4n) is 1.87. The SMILES string of the molecule is COc1ccc(CCNS(=O)(=O)c2[nH]ncc2CN)cc1. The van der Waals surface area contributed by atoms with E-state index in [-0.39, 0.29) is 18.1 Å². The maximum atomic E-state index is 12.1. The quantitative estimate of drug-likeness (QED) is 0.685. The fourth-order valence-corrected chi connectivity index (χ4v) is 3.04. The van der Waals surface area contributed by atoms with Gasteiger partial charge < -0.3 is 10.5 Å². The minimum atomic E-state index is -3.62. The molecule has 4 N–H and O–H groups in total. The minimum Gasteiger partial charge on any atom is -0.497 e. The van der Waals surface area contributed by atoms with Crippen molar-refractivity contribution in [1.29, 1.82) is 0 Å². The second-order valence-electron chi connectivity index (χ2n) is 4.42. The average molecular weight is 310 g/mol. The first kappa shape index (κ1) is 15.5. The summed E-state index contributed by atoms with van der Waals surface area (Å²) in [5, 5.41) is 6.20. The van der Waals surface area contributed by atoms with Crippen molar-refractivity contribution in [2.75, 3.05) is 13.7 Å². The summed E-state index contributed by atoms with van der Waals surface area (Å²) in [6.45, 7) is 0.406. The molecule has 0 spiro atoms. The second-order valence-corrected chi connectivity index (χ2v) is 6.13. The van der Waals surface area contributed by atoms with Crippen LogP contribution < -0.4 is 15.2 Å². The van der Waals surface area contributed by atoms with Gasteiger partial charge in [0.15, 0.2) is 5.03 Å². The summed E-state index contributed by atoms with van der Waals surface area (Å²) in [5.74, 6) is 0.768. The van der Waals surface area contributed by atoms with E-state index in [9.17, 15) is 8.42 Å². The number of rotatable bonds is 7. The summed E-state index contributed by atoms with van der Waals surface area (Å²) in [4.78, 5) is 0. The molecule has 0 amide bonds. The molecule has 0 unspecified atom stereocenters. The molecule has 21 heavy (non-hydrogen) atoms. The molecule has 0 aliphatic rings. The molecule has 0 atom stereocenters. The van der Waals surface area contributed by atoms with E-state index in [0.717, 1.165) is 11.3 Å². The zero-order valence-electron chi connectivity index (χ0n) is 11.7. The van der Waals surface area contributed by atoms with Crippen LogP contribution >= 0.6 is 0 Å². The maximum Gasteiger partial charge on any atom is 0.257 e. The van der Waals surface area contributed by atoms with Crippen molar-refractivity contribution in [3.05, 3.63) is 41.6 Å². The largest absolute Gasteiger partial charge is 0.497 e. The van der Waals surface area contributed by atoms with Crippen molar-refractivity contribution in [2.45, 2.75) is 18.0 Å². The van der Waals surface area contributed by atoms with Gasteiger partial charge in [0.2, 0.25) is 0 Å². The lowest BCUT2D eigenvalue weighted by Crippen LogP contribution is -2.27. The Kier molecular flexibility index (Phi) is 4.94. The number of hydrogen-bond donors (Lipinski definition) is 3. The van der Waals surface area contributed by atoms with Crippen molar-refractivity contribution < 1.29 is 13.2 Å². The second kappa shape index (κ2) is 6.70. The molecule has 2 rings (SSSR count). The van der Waals surface area contributed by atoms with E-state index < -0.39 is 10.0 Å². The van der Waals surface area contributed by atoms with Crippen molar-refractivity contribution in [2.24, 2.45) is 5.73 Å². The van der Waals surface area contributed by atoms with Crippen LogP contribution in [-0.4, -0.2) is 32.3 Å². The van der Waals surface area contributed by atoms with Gasteiger partial charge in [0, 0.05) is 18.7 Å². The Labute approximate surface area is 123 Å². The Morgan fingerprint density at radius 3 is 2.67 bits per heavy atom. The Hall–Kier alpha value is -1.90. The summed E-state index contributed by atoms with van der Waals surface area (Å²) >= 11 is 0. The van der Waals surface area contributed by atoms with E-state index in [1.54, 1.807) is 7.11 Å². The molecule has 0 radical (unpaired) electrons. The van der Waals surface area contributed by atoms with Gasteiger partial charge in [-0.15, -0.1) is 0 Å². The van der Waals surface area contributed by atoms with Crippen LogP contribution in [0.3, 0.4) is 0 Å². The summed E-state index contributed by atoms with van der Waals surface area (Å²) in [6, 6.07) is 7.47. The van der Waals surface area contributed by atoms with Gasteiger partial charge >= 0.3 is 0 Å². The lowest BCUT2D eigenvalue weighted by Gasteiger charge is -2.07. The highest BCUT2D eigenvalue weighted by molar-refractivity contribution is 7.89. The summed E-state index contributed by atoms with van der Waals surface area (Å²) in [6.07, 6.45) is 1.99. The third-order valence-corrected chi connectivity index (χ3v) is 4.51. The molecular weight excluding hydrogens is 292 g/mol. The zero-order valence-corrected chi connectivity index (χ0v) is 12.5. The summed E-state index contributed by atoms with van der Waals surface area (Å²) in [7, 11) is -2.02. The number of methoxy groups -OCH3 is 1. The number of nitrogens with two attached hydrogens (primary N) is 1. The third kappa shape index (κ3) is 3.81. The Balaban J connectivity index is 1.95. The highest BCUT2D eigenvalue weighted by atomic mass is 32.2. The number of hydrogen-bond acceptors (Lipinski definition) is 5. The molecule has 0 aliphatic heterocycles. The molecule has 0 bridgehead atoms. The summed E-state index contributed by atoms with van der Waals surface area (Å²) < 4.78 is 31.8. The van der Waals surface area contributed by atoms with Crippen LogP contribution in [0.5, 0.6) is 5.75 Å². The first-order valence-electron chi connectivity index (χ1n) is 6.41. The van der Waals surface area contributed by atoms with E-state index in [2.05, 4.69) is 14.9 Å². The van der Waals surface area contributed by atoms with Crippen LogP contribution in [0.15, 0.2) is 35.5 Å². The molecule has 1 aromatic carbocycles. The predicted molar refractivity (Wildman–Crippen MR) is 78.4 cm³/mol. The monoisotopic (exact) mass is 310 g/mol. The van der Waals surface area contributed by atoms with Crippen molar-refractivity contribution in [3.63, 3.8) is 0 Å². The van der Waals surface area contributed by atoms with Crippen LogP contribution in [-0.2, 0) is 23.0 Å². The van der Waals surface area contributed by atoms with Gasteiger partial charge in [0.1, 0.15) is 5.75 Å². The van der Waals surface area contributed by atoms with Gasteiger partial charge in [-0.1, -0.05) is 12.1 Å². The number of nitrogens with zero attached hydrogens (tertiary/aromatic N) is 1.